The number of halogens is 1. The smallest absolute Gasteiger partial charge is 0.326 e. The van der Waals surface area contributed by atoms with E-state index >= 15 is 0 Å². The molecular weight excluding hydrogens is 274 g/mol. The van der Waals surface area contributed by atoms with E-state index in [0.29, 0.717) is 17.2 Å². The van der Waals surface area contributed by atoms with E-state index in [1.165, 1.54) is 11.8 Å². The number of rotatable bonds is 6. The van der Waals surface area contributed by atoms with Gasteiger partial charge in [0.25, 0.3) is 5.91 Å². The van der Waals surface area contributed by atoms with Crippen LogP contribution < -0.4 is 5.32 Å². The Morgan fingerprint density at radius 3 is 2.67 bits per heavy atom. The molecule has 0 aliphatic heterocycles. The van der Waals surface area contributed by atoms with Crippen molar-refractivity contribution in [1.82, 2.24) is 5.32 Å². The quantitative estimate of drug-likeness (QED) is 0.842. The van der Waals surface area contributed by atoms with Crippen LogP contribution in [0.1, 0.15) is 16.8 Å². The van der Waals surface area contributed by atoms with Gasteiger partial charge in [0.2, 0.25) is 0 Å². The number of aliphatic carboxylic acids is 1. The van der Waals surface area contributed by atoms with Crippen molar-refractivity contribution in [2.45, 2.75) is 12.5 Å². The Bertz CT molecular complexity index is 439. The third-order valence-corrected chi connectivity index (χ3v) is 3.31. The standard InChI is InChI=1S/C12H14ClNO3S/c1-18-7-6-10(12(16)17)14-11(15)8-4-2-3-5-9(8)13/h2-5,10H,6-7H2,1H3,(H,14,15)(H,16,17). The summed E-state index contributed by atoms with van der Waals surface area (Å²) < 4.78 is 0. The largest absolute Gasteiger partial charge is 0.480 e. The van der Waals surface area contributed by atoms with Crippen molar-refractivity contribution in [2.24, 2.45) is 0 Å². The normalized spacial score (nSPS) is 11.9. The van der Waals surface area contributed by atoms with E-state index in [1.54, 1.807) is 24.3 Å². The fourth-order valence-corrected chi connectivity index (χ4v) is 2.07. The highest BCUT2D eigenvalue weighted by atomic mass is 35.5. The van der Waals surface area contributed by atoms with Crippen molar-refractivity contribution in [2.75, 3.05) is 12.0 Å². The Morgan fingerprint density at radius 2 is 2.11 bits per heavy atom. The Balaban J connectivity index is 2.72. The lowest BCUT2D eigenvalue weighted by molar-refractivity contribution is -0.139. The number of benzene rings is 1. The monoisotopic (exact) mass is 287 g/mol. The Labute approximate surface area is 115 Å². The summed E-state index contributed by atoms with van der Waals surface area (Å²) in [7, 11) is 0. The van der Waals surface area contributed by atoms with Gasteiger partial charge in [0, 0.05) is 0 Å². The summed E-state index contributed by atoms with van der Waals surface area (Å²) in [5.41, 5.74) is 0.287. The van der Waals surface area contributed by atoms with Gasteiger partial charge in [-0.15, -0.1) is 0 Å². The molecular formula is C12H14ClNO3S. The molecule has 0 fully saturated rings. The lowest BCUT2D eigenvalue weighted by Gasteiger charge is -2.14. The minimum atomic E-state index is -1.04. The Kier molecular flexibility index (Phi) is 6.01. The van der Waals surface area contributed by atoms with E-state index < -0.39 is 17.9 Å². The number of thioether (sulfide) groups is 1. The van der Waals surface area contributed by atoms with Crippen molar-refractivity contribution in [1.29, 1.82) is 0 Å². The van der Waals surface area contributed by atoms with E-state index in [4.69, 9.17) is 16.7 Å². The molecule has 0 aliphatic rings. The molecule has 0 saturated heterocycles. The van der Waals surface area contributed by atoms with Crippen molar-refractivity contribution in [3.63, 3.8) is 0 Å². The van der Waals surface area contributed by atoms with Crippen LogP contribution in [0.15, 0.2) is 24.3 Å². The fraction of sp³-hybridized carbons (Fsp3) is 0.333. The lowest BCUT2D eigenvalue weighted by Crippen LogP contribution is -2.41. The van der Waals surface area contributed by atoms with Gasteiger partial charge in [-0.3, -0.25) is 4.79 Å². The van der Waals surface area contributed by atoms with Gasteiger partial charge in [-0.25, -0.2) is 4.79 Å². The van der Waals surface area contributed by atoms with Gasteiger partial charge < -0.3 is 10.4 Å². The second kappa shape index (κ2) is 7.28. The van der Waals surface area contributed by atoms with Crippen molar-refractivity contribution in [3.8, 4) is 0 Å². The summed E-state index contributed by atoms with van der Waals surface area (Å²) in [6.07, 6.45) is 2.27. The summed E-state index contributed by atoms with van der Waals surface area (Å²) in [4.78, 5) is 22.9. The molecule has 0 aromatic heterocycles. The van der Waals surface area contributed by atoms with Crippen molar-refractivity contribution >= 4 is 35.2 Å². The van der Waals surface area contributed by atoms with Gasteiger partial charge in [0.15, 0.2) is 0 Å². The maximum atomic E-state index is 11.9. The van der Waals surface area contributed by atoms with Crippen LogP contribution in [0.3, 0.4) is 0 Å². The first-order valence-corrected chi connectivity index (χ1v) is 7.10. The molecule has 0 saturated carbocycles. The second-order valence-electron chi connectivity index (χ2n) is 3.63. The zero-order chi connectivity index (χ0) is 13.5. The first-order chi connectivity index (χ1) is 8.56. The van der Waals surface area contributed by atoms with Crippen LogP contribution in [0, 0.1) is 0 Å². The number of nitrogens with one attached hydrogen (secondary N) is 1. The maximum absolute atomic E-state index is 11.9. The topological polar surface area (TPSA) is 66.4 Å². The van der Waals surface area contributed by atoms with Gasteiger partial charge in [-0.05, 0) is 30.6 Å². The third kappa shape index (κ3) is 4.23. The molecule has 1 aromatic rings. The molecule has 1 aromatic carbocycles. The number of hydrogen-bond acceptors (Lipinski definition) is 3. The molecule has 98 valence electrons. The molecule has 2 N–H and O–H groups in total. The minimum Gasteiger partial charge on any atom is -0.480 e. The summed E-state index contributed by atoms with van der Waals surface area (Å²) in [6, 6.07) is 5.65. The van der Waals surface area contributed by atoms with Crippen molar-refractivity contribution < 1.29 is 14.7 Å². The molecule has 0 aliphatic carbocycles. The minimum absolute atomic E-state index is 0.287. The van der Waals surface area contributed by atoms with Gasteiger partial charge in [-0.2, -0.15) is 11.8 Å². The molecule has 4 nitrogen and oxygen atoms in total. The highest BCUT2D eigenvalue weighted by molar-refractivity contribution is 7.98. The fourth-order valence-electron chi connectivity index (χ4n) is 1.37. The zero-order valence-electron chi connectivity index (χ0n) is 9.85. The predicted molar refractivity (Wildman–Crippen MR) is 73.3 cm³/mol. The maximum Gasteiger partial charge on any atom is 0.326 e. The van der Waals surface area contributed by atoms with Crippen LogP contribution >= 0.6 is 23.4 Å². The molecule has 1 rings (SSSR count). The molecule has 1 unspecified atom stereocenters. The van der Waals surface area contributed by atoms with Gasteiger partial charge in [-0.1, -0.05) is 23.7 Å². The van der Waals surface area contributed by atoms with E-state index in [9.17, 15) is 9.59 Å². The SMILES string of the molecule is CSCCC(NC(=O)c1ccccc1Cl)C(=O)O. The molecule has 1 atom stereocenters. The van der Waals surface area contributed by atoms with E-state index in [2.05, 4.69) is 5.32 Å². The van der Waals surface area contributed by atoms with Gasteiger partial charge in [0.05, 0.1) is 10.6 Å². The number of carboxylic acids is 1. The molecule has 0 bridgehead atoms. The Hall–Kier alpha value is -1.20. The Morgan fingerprint density at radius 1 is 1.44 bits per heavy atom. The first-order valence-electron chi connectivity index (χ1n) is 5.33. The zero-order valence-corrected chi connectivity index (χ0v) is 11.4. The summed E-state index contributed by atoms with van der Waals surface area (Å²) in [5.74, 6) is -0.835. The number of hydrogen-bond donors (Lipinski definition) is 2. The third-order valence-electron chi connectivity index (χ3n) is 2.33. The lowest BCUT2D eigenvalue weighted by atomic mass is 10.1. The number of carbonyl (C=O) groups excluding carboxylic acids is 1. The van der Waals surface area contributed by atoms with E-state index in [0.717, 1.165) is 0 Å². The van der Waals surface area contributed by atoms with Gasteiger partial charge in [0.1, 0.15) is 6.04 Å². The first kappa shape index (κ1) is 14.9. The van der Waals surface area contributed by atoms with E-state index in [-0.39, 0.29) is 5.56 Å². The highest BCUT2D eigenvalue weighted by Gasteiger charge is 2.21. The summed E-state index contributed by atoms with van der Waals surface area (Å²) >= 11 is 7.41. The van der Waals surface area contributed by atoms with E-state index in [1.807, 2.05) is 6.26 Å². The summed E-state index contributed by atoms with van der Waals surface area (Å²) in [5, 5.41) is 11.8. The molecule has 1 amide bonds. The number of carboxylic acid groups (broad SMARTS) is 1. The number of carbonyl (C=O) groups is 2. The van der Waals surface area contributed by atoms with Crippen LogP contribution in [0.25, 0.3) is 0 Å². The summed E-state index contributed by atoms with van der Waals surface area (Å²) in [6.45, 7) is 0. The average molecular weight is 288 g/mol. The van der Waals surface area contributed by atoms with Gasteiger partial charge >= 0.3 is 5.97 Å². The van der Waals surface area contributed by atoms with Crippen molar-refractivity contribution in [3.05, 3.63) is 34.9 Å². The molecule has 18 heavy (non-hydrogen) atoms. The molecule has 6 heteroatoms. The molecule has 0 spiro atoms. The van der Waals surface area contributed by atoms with Crippen LogP contribution in [0.5, 0.6) is 0 Å². The van der Waals surface area contributed by atoms with Crippen LogP contribution in [0.4, 0.5) is 0 Å². The van der Waals surface area contributed by atoms with Crippen LogP contribution in [0.2, 0.25) is 5.02 Å². The van der Waals surface area contributed by atoms with Crippen LogP contribution in [-0.4, -0.2) is 35.0 Å². The molecule has 0 radical (unpaired) electrons. The second-order valence-corrected chi connectivity index (χ2v) is 5.02. The molecule has 0 heterocycles. The highest BCUT2D eigenvalue weighted by Crippen LogP contribution is 2.15. The predicted octanol–water partition coefficient (Wildman–Crippen LogP) is 2.28. The average Bonchev–Trinajstić information content (AvgIpc) is 2.34. The van der Waals surface area contributed by atoms with Crippen LogP contribution in [-0.2, 0) is 4.79 Å². The number of amides is 1.